The van der Waals surface area contributed by atoms with Crippen LogP contribution in [0.1, 0.15) is 33.6 Å². The minimum Gasteiger partial charge on any atom is -0.318 e. The largest absolute Gasteiger partial charge is 0.318 e. The second kappa shape index (κ2) is 8.45. The molecule has 0 spiro atoms. The van der Waals surface area contributed by atoms with Gasteiger partial charge in [-0.3, -0.25) is 19.4 Å². The lowest BCUT2D eigenvalue weighted by Crippen LogP contribution is -2.54. The lowest BCUT2D eigenvalue weighted by molar-refractivity contribution is -0.127. The number of thiocarbonyl (C=S) groups is 1. The van der Waals surface area contributed by atoms with E-state index < -0.39 is 11.8 Å². The second-order valence-electron chi connectivity index (χ2n) is 8.56. The Morgan fingerprint density at radius 1 is 0.879 bits per heavy atom. The molecule has 1 aromatic heterocycles. The molecule has 0 N–H and O–H groups in total. The summed E-state index contributed by atoms with van der Waals surface area (Å²) in [5.74, 6) is -0.812. The van der Waals surface area contributed by atoms with E-state index in [4.69, 9.17) is 12.2 Å². The molecule has 6 heteroatoms. The number of likely N-dealkylation sites (N-methyl/N-ethyl adjacent to an activating group) is 1. The molecule has 0 atom stereocenters. The van der Waals surface area contributed by atoms with Crippen molar-refractivity contribution in [3.8, 4) is 5.69 Å². The minimum atomic E-state index is -0.413. The number of amides is 2. The predicted molar refractivity (Wildman–Crippen MR) is 137 cm³/mol. The van der Waals surface area contributed by atoms with Gasteiger partial charge >= 0.3 is 0 Å². The highest BCUT2D eigenvalue weighted by atomic mass is 32.1. The van der Waals surface area contributed by atoms with Gasteiger partial charge in [0.2, 0.25) is 0 Å². The molecule has 0 bridgehead atoms. The summed E-state index contributed by atoms with van der Waals surface area (Å²) in [6, 6.07) is 15.7. The molecular formula is C27H27N3O2S. The summed E-state index contributed by atoms with van der Waals surface area (Å²) >= 11 is 5.46. The third-order valence-electron chi connectivity index (χ3n) is 6.33. The van der Waals surface area contributed by atoms with E-state index in [1.54, 1.807) is 13.1 Å². The maximum Gasteiger partial charge on any atom is 0.270 e. The Bertz CT molecular complexity index is 1330. The van der Waals surface area contributed by atoms with Crippen LogP contribution in [-0.2, 0) is 9.59 Å². The van der Waals surface area contributed by atoms with E-state index in [-0.39, 0.29) is 10.7 Å². The number of carbonyl (C=O) groups is 2. The number of benzene rings is 2. The van der Waals surface area contributed by atoms with Gasteiger partial charge in [-0.25, -0.2) is 0 Å². The van der Waals surface area contributed by atoms with Crippen molar-refractivity contribution in [3.63, 3.8) is 0 Å². The van der Waals surface area contributed by atoms with E-state index in [1.165, 1.54) is 20.9 Å². The molecule has 0 radical (unpaired) electrons. The van der Waals surface area contributed by atoms with E-state index in [2.05, 4.69) is 30.5 Å². The van der Waals surface area contributed by atoms with E-state index in [0.29, 0.717) is 5.69 Å². The van der Waals surface area contributed by atoms with Gasteiger partial charge in [-0.1, -0.05) is 29.8 Å². The van der Waals surface area contributed by atoms with E-state index >= 15 is 0 Å². The Kier molecular flexibility index (Phi) is 5.80. The highest BCUT2D eigenvalue weighted by Crippen LogP contribution is 2.29. The second-order valence-corrected chi connectivity index (χ2v) is 8.93. The standard InChI is InChI=1S/C27H27N3O2S/c1-16-10-12-22(13-11-16)30-26(32)23(25(31)28(6)27(30)33)15-21-14-18(3)29(20(21)5)24-9-7-8-17(2)19(24)4/h7-15H,1-6H3/b23-15-. The molecule has 3 aromatic rings. The van der Waals surface area contributed by atoms with Gasteiger partial charge in [-0.2, -0.15) is 0 Å². The monoisotopic (exact) mass is 457 g/mol. The van der Waals surface area contributed by atoms with E-state index in [1.807, 2.05) is 57.2 Å². The van der Waals surface area contributed by atoms with Gasteiger partial charge in [-0.15, -0.1) is 0 Å². The van der Waals surface area contributed by atoms with Crippen molar-refractivity contribution < 1.29 is 9.59 Å². The van der Waals surface area contributed by atoms with E-state index in [0.717, 1.165) is 28.2 Å². The zero-order chi connectivity index (χ0) is 24.0. The highest BCUT2D eigenvalue weighted by Gasteiger charge is 2.38. The summed E-state index contributed by atoms with van der Waals surface area (Å²) in [5.41, 5.74) is 8.13. The van der Waals surface area contributed by atoms with Crippen molar-refractivity contribution in [2.24, 2.45) is 0 Å². The van der Waals surface area contributed by atoms with Crippen molar-refractivity contribution in [1.82, 2.24) is 9.47 Å². The summed E-state index contributed by atoms with van der Waals surface area (Å²) < 4.78 is 2.17. The SMILES string of the molecule is Cc1ccc(N2C(=O)/C(=C\c3cc(C)n(-c4cccc(C)c4C)c3C)C(=O)N(C)C2=S)cc1. The smallest absolute Gasteiger partial charge is 0.270 e. The first-order chi connectivity index (χ1) is 15.6. The van der Waals surface area contributed by atoms with Gasteiger partial charge in [0.05, 0.1) is 5.69 Å². The molecule has 1 aliphatic rings. The number of anilines is 1. The molecular weight excluding hydrogens is 430 g/mol. The van der Waals surface area contributed by atoms with Crippen molar-refractivity contribution in [3.05, 3.63) is 87.7 Å². The summed E-state index contributed by atoms with van der Waals surface area (Å²) in [6.07, 6.45) is 1.69. The van der Waals surface area contributed by atoms with Crippen molar-refractivity contribution >= 4 is 40.9 Å². The topological polar surface area (TPSA) is 45.6 Å². The van der Waals surface area contributed by atoms with Crippen molar-refractivity contribution in [2.75, 3.05) is 11.9 Å². The first-order valence-corrected chi connectivity index (χ1v) is 11.2. The Hall–Kier alpha value is -3.51. The normalized spacial score (nSPS) is 15.7. The van der Waals surface area contributed by atoms with Crippen LogP contribution >= 0.6 is 12.2 Å². The Labute approximate surface area is 199 Å². The van der Waals surface area contributed by atoms with Crippen LogP contribution in [-0.4, -0.2) is 33.4 Å². The summed E-state index contributed by atoms with van der Waals surface area (Å²) in [5, 5.41) is 0.173. The Morgan fingerprint density at radius 3 is 2.21 bits per heavy atom. The molecule has 5 nitrogen and oxygen atoms in total. The molecule has 2 heterocycles. The third kappa shape index (κ3) is 3.80. The first kappa shape index (κ1) is 22.7. The average molecular weight is 458 g/mol. The molecule has 2 aromatic carbocycles. The van der Waals surface area contributed by atoms with Crippen LogP contribution in [0.15, 0.2) is 54.1 Å². The zero-order valence-corrected chi connectivity index (χ0v) is 20.6. The number of rotatable bonds is 3. The fraction of sp³-hybridized carbons (Fsp3) is 0.222. The molecule has 0 aliphatic carbocycles. The van der Waals surface area contributed by atoms with Crippen LogP contribution in [0.3, 0.4) is 0 Å². The number of nitrogens with zero attached hydrogens (tertiary/aromatic N) is 3. The quantitative estimate of drug-likeness (QED) is 0.309. The van der Waals surface area contributed by atoms with Gasteiger partial charge in [-0.05, 0) is 93.9 Å². The maximum absolute atomic E-state index is 13.5. The molecule has 33 heavy (non-hydrogen) atoms. The van der Waals surface area contributed by atoms with Crippen molar-refractivity contribution in [2.45, 2.75) is 34.6 Å². The number of hydrogen-bond acceptors (Lipinski definition) is 3. The van der Waals surface area contributed by atoms with Crippen LogP contribution in [0, 0.1) is 34.6 Å². The molecule has 1 aliphatic heterocycles. The van der Waals surface area contributed by atoms with Crippen LogP contribution in [0.2, 0.25) is 0 Å². The molecule has 0 unspecified atom stereocenters. The summed E-state index contributed by atoms with van der Waals surface area (Å²) in [4.78, 5) is 29.3. The Morgan fingerprint density at radius 2 is 1.55 bits per heavy atom. The number of aryl methyl sites for hydroxylation is 3. The van der Waals surface area contributed by atoms with Crippen LogP contribution in [0.4, 0.5) is 5.69 Å². The van der Waals surface area contributed by atoms with Gasteiger partial charge in [0.25, 0.3) is 11.8 Å². The summed E-state index contributed by atoms with van der Waals surface area (Å²) in [6.45, 7) is 10.2. The molecule has 1 saturated heterocycles. The predicted octanol–water partition coefficient (Wildman–Crippen LogP) is 5.19. The van der Waals surface area contributed by atoms with Crippen molar-refractivity contribution in [1.29, 1.82) is 0 Å². The van der Waals surface area contributed by atoms with Crippen LogP contribution < -0.4 is 4.90 Å². The maximum atomic E-state index is 13.5. The third-order valence-corrected chi connectivity index (χ3v) is 6.78. The van der Waals surface area contributed by atoms with Gasteiger partial charge in [0.15, 0.2) is 5.11 Å². The Balaban J connectivity index is 1.82. The fourth-order valence-electron chi connectivity index (χ4n) is 4.20. The number of aromatic nitrogens is 1. The average Bonchev–Trinajstić information content (AvgIpc) is 3.06. The van der Waals surface area contributed by atoms with Gasteiger partial charge in [0, 0.05) is 24.1 Å². The zero-order valence-electron chi connectivity index (χ0n) is 19.8. The lowest BCUT2D eigenvalue weighted by atomic mass is 10.1. The lowest BCUT2D eigenvalue weighted by Gasteiger charge is -2.34. The molecule has 0 saturated carbocycles. The molecule has 4 rings (SSSR count). The molecule has 2 amide bonds. The number of carbonyl (C=O) groups excluding carboxylic acids is 2. The first-order valence-electron chi connectivity index (χ1n) is 10.8. The van der Waals surface area contributed by atoms with Crippen LogP contribution in [0.5, 0.6) is 0 Å². The summed E-state index contributed by atoms with van der Waals surface area (Å²) in [7, 11) is 1.60. The van der Waals surface area contributed by atoms with Gasteiger partial charge < -0.3 is 4.57 Å². The van der Waals surface area contributed by atoms with Gasteiger partial charge in [0.1, 0.15) is 5.57 Å². The highest BCUT2D eigenvalue weighted by molar-refractivity contribution is 7.80. The number of hydrogen-bond donors (Lipinski definition) is 0. The van der Waals surface area contributed by atoms with Crippen LogP contribution in [0.25, 0.3) is 11.8 Å². The molecule has 1 fully saturated rings. The minimum absolute atomic E-state index is 0.0906. The van der Waals surface area contributed by atoms with E-state index in [9.17, 15) is 9.59 Å². The fourth-order valence-corrected chi connectivity index (χ4v) is 4.47. The molecule has 168 valence electrons.